The second kappa shape index (κ2) is 8.06. The number of hydrogen-bond acceptors (Lipinski definition) is 5. The first-order chi connectivity index (χ1) is 14.8. The van der Waals surface area contributed by atoms with E-state index in [0.717, 1.165) is 37.3 Å². The molecule has 4 aromatic rings. The average Bonchev–Trinajstić information content (AvgIpc) is 2.81. The molecule has 0 radical (unpaired) electrons. The van der Waals surface area contributed by atoms with Crippen molar-refractivity contribution in [3.05, 3.63) is 83.8 Å². The van der Waals surface area contributed by atoms with Gasteiger partial charge in [0.05, 0.1) is 12.0 Å². The zero-order chi connectivity index (χ0) is 20.3. The van der Waals surface area contributed by atoms with Crippen LogP contribution in [-0.4, -0.2) is 32.6 Å². The van der Waals surface area contributed by atoms with Crippen molar-refractivity contribution in [1.82, 2.24) is 19.5 Å². The Hall–Kier alpha value is -3.54. The van der Waals surface area contributed by atoms with E-state index < -0.39 is 0 Å². The molecule has 0 spiro atoms. The summed E-state index contributed by atoms with van der Waals surface area (Å²) < 4.78 is 1.73. The molecule has 6 heteroatoms. The van der Waals surface area contributed by atoms with Crippen molar-refractivity contribution < 1.29 is 0 Å². The van der Waals surface area contributed by atoms with Crippen LogP contribution in [0.25, 0.3) is 22.0 Å². The van der Waals surface area contributed by atoms with Crippen molar-refractivity contribution in [2.24, 2.45) is 5.92 Å². The molecule has 1 aliphatic heterocycles. The van der Waals surface area contributed by atoms with E-state index in [-0.39, 0.29) is 5.56 Å². The minimum absolute atomic E-state index is 0.0120. The van der Waals surface area contributed by atoms with Crippen LogP contribution in [0.3, 0.4) is 0 Å². The summed E-state index contributed by atoms with van der Waals surface area (Å²) in [6, 6.07) is 15.8. The fraction of sp³-hybridized carbons (Fsp3) is 0.250. The van der Waals surface area contributed by atoms with Gasteiger partial charge in [-0.1, -0.05) is 24.3 Å². The lowest BCUT2D eigenvalue weighted by Crippen LogP contribution is -2.36. The molecule has 6 nitrogen and oxygen atoms in total. The SMILES string of the molecule is O=c1cc(-c2cccnc2)ncn1CC1CCN(c2nccc3ccccc23)CC1. The molecule has 4 heterocycles. The smallest absolute Gasteiger partial charge is 0.253 e. The van der Waals surface area contributed by atoms with Gasteiger partial charge in [0.25, 0.3) is 5.56 Å². The Morgan fingerprint density at radius 3 is 2.63 bits per heavy atom. The highest BCUT2D eigenvalue weighted by Gasteiger charge is 2.22. The summed E-state index contributed by atoms with van der Waals surface area (Å²) in [5, 5.41) is 2.42. The summed E-state index contributed by atoms with van der Waals surface area (Å²) in [6.45, 7) is 2.60. The fourth-order valence-electron chi connectivity index (χ4n) is 4.20. The van der Waals surface area contributed by atoms with Gasteiger partial charge in [0, 0.05) is 55.2 Å². The molecule has 1 fully saturated rings. The van der Waals surface area contributed by atoms with E-state index in [2.05, 4.69) is 50.2 Å². The van der Waals surface area contributed by atoms with Gasteiger partial charge < -0.3 is 4.90 Å². The molecule has 0 unspecified atom stereocenters. The molecule has 0 N–H and O–H groups in total. The molecule has 150 valence electrons. The Balaban J connectivity index is 1.27. The normalized spacial score (nSPS) is 14.9. The van der Waals surface area contributed by atoms with Gasteiger partial charge in [0.1, 0.15) is 5.82 Å². The molecule has 1 saturated heterocycles. The number of pyridine rings is 2. The molecule has 0 bridgehead atoms. The third kappa shape index (κ3) is 3.68. The third-order valence-corrected chi connectivity index (χ3v) is 5.86. The molecule has 5 rings (SSSR count). The predicted octanol–water partition coefficient (Wildman–Crippen LogP) is 3.77. The van der Waals surface area contributed by atoms with Crippen LogP contribution in [0, 0.1) is 5.92 Å². The number of hydrogen-bond donors (Lipinski definition) is 0. The maximum Gasteiger partial charge on any atom is 0.253 e. The van der Waals surface area contributed by atoms with Gasteiger partial charge in [-0.15, -0.1) is 0 Å². The van der Waals surface area contributed by atoms with Crippen molar-refractivity contribution in [3.63, 3.8) is 0 Å². The molecule has 0 saturated carbocycles. The summed E-state index contributed by atoms with van der Waals surface area (Å²) in [6.07, 6.45) is 9.06. The Bertz CT molecular complexity index is 1210. The van der Waals surface area contributed by atoms with E-state index >= 15 is 0 Å². The maximum atomic E-state index is 12.6. The predicted molar refractivity (Wildman–Crippen MR) is 118 cm³/mol. The van der Waals surface area contributed by atoms with Crippen molar-refractivity contribution in [1.29, 1.82) is 0 Å². The van der Waals surface area contributed by atoms with Gasteiger partial charge >= 0.3 is 0 Å². The standard InChI is InChI=1S/C24H23N5O/c30-23-14-22(20-5-3-10-25-15-20)27-17-29(23)16-18-8-12-28(13-9-18)24-21-6-2-1-4-19(21)7-11-26-24/h1-7,10-11,14-15,17-18H,8-9,12-13,16H2. The highest BCUT2D eigenvalue weighted by molar-refractivity contribution is 5.92. The fourth-order valence-corrected chi connectivity index (χ4v) is 4.20. The van der Waals surface area contributed by atoms with Crippen LogP contribution in [-0.2, 0) is 6.54 Å². The van der Waals surface area contributed by atoms with E-state index in [4.69, 9.17) is 0 Å². The van der Waals surface area contributed by atoms with E-state index in [1.54, 1.807) is 29.4 Å². The largest absolute Gasteiger partial charge is 0.356 e. The van der Waals surface area contributed by atoms with Gasteiger partial charge in [0.2, 0.25) is 0 Å². The quantitative estimate of drug-likeness (QED) is 0.525. The van der Waals surface area contributed by atoms with Crippen molar-refractivity contribution >= 4 is 16.6 Å². The van der Waals surface area contributed by atoms with Crippen LogP contribution in [0.15, 0.2) is 78.2 Å². The third-order valence-electron chi connectivity index (χ3n) is 5.86. The highest BCUT2D eigenvalue weighted by atomic mass is 16.1. The number of aromatic nitrogens is 4. The lowest BCUT2D eigenvalue weighted by Gasteiger charge is -2.33. The van der Waals surface area contributed by atoms with E-state index in [1.165, 1.54) is 10.8 Å². The topological polar surface area (TPSA) is 63.9 Å². The number of rotatable bonds is 4. The molecule has 30 heavy (non-hydrogen) atoms. The Morgan fingerprint density at radius 1 is 0.967 bits per heavy atom. The van der Waals surface area contributed by atoms with Crippen LogP contribution in [0.5, 0.6) is 0 Å². The van der Waals surface area contributed by atoms with Gasteiger partial charge in [-0.05, 0) is 42.3 Å². The zero-order valence-corrected chi connectivity index (χ0v) is 16.7. The average molecular weight is 397 g/mol. The van der Waals surface area contributed by atoms with Crippen LogP contribution < -0.4 is 10.5 Å². The van der Waals surface area contributed by atoms with Crippen LogP contribution in [0.1, 0.15) is 12.8 Å². The molecule has 0 aliphatic carbocycles. The van der Waals surface area contributed by atoms with Crippen LogP contribution in [0.4, 0.5) is 5.82 Å². The zero-order valence-electron chi connectivity index (χ0n) is 16.7. The van der Waals surface area contributed by atoms with Crippen molar-refractivity contribution in [2.75, 3.05) is 18.0 Å². The lowest BCUT2D eigenvalue weighted by atomic mass is 9.96. The van der Waals surface area contributed by atoms with Crippen molar-refractivity contribution in [3.8, 4) is 11.3 Å². The number of benzene rings is 1. The van der Waals surface area contributed by atoms with E-state index in [9.17, 15) is 4.79 Å². The van der Waals surface area contributed by atoms with Crippen LogP contribution >= 0.6 is 0 Å². The van der Waals surface area contributed by atoms with Gasteiger partial charge in [-0.25, -0.2) is 9.97 Å². The minimum atomic E-state index is -0.0120. The minimum Gasteiger partial charge on any atom is -0.356 e. The first kappa shape index (κ1) is 18.5. The van der Waals surface area contributed by atoms with Crippen LogP contribution in [0.2, 0.25) is 0 Å². The van der Waals surface area contributed by atoms with E-state index in [0.29, 0.717) is 18.2 Å². The summed E-state index contributed by atoms with van der Waals surface area (Å²) in [7, 11) is 0. The molecule has 1 aromatic carbocycles. The number of nitrogens with zero attached hydrogens (tertiary/aromatic N) is 5. The first-order valence-electron chi connectivity index (χ1n) is 10.3. The highest BCUT2D eigenvalue weighted by Crippen LogP contribution is 2.28. The molecule has 0 atom stereocenters. The molecule has 0 amide bonds. The van der Waals surface area contributed by atoms with Gasteiger partial charge in [-0.2, -0.15) is 0 Å². The summed E-state index contributed by atoms with van der Waals surface area (Å²) in [4.78, 5) is 28.2. The summed E-state index contributed by atoms with van der Waals surface area (Å²) in [5.41, 5.74) is 1.51. The first-order valence-corrected chi connectivity index (χ1v) is 10.3. The number of piperidine rings is 1. The Morgan fingerprint density at radius 2 is 1.83 bits per heavy atom. The molecule has 3 aromatic heterocycles. The molecular weight excluding hydrogens is 374 g/mol. The molecular formula is C24H23N5O. The Labute approximate surface area is 174 Å². The second-order valence-electron chi connectivity index (χ2n) is 7.79. The number of anilines is 1. The van der Waals surface area contributed by atoms with Gasteiger partial charge in [-0.3, -0.25) is 14.3 Å². The second-order valence-corrected chi connectivity index (χ2v) is 7.79. The van der Waals surface area contributed by atoms with Crippen molar-refractivity contribution in [2.45, 2.75) is 19.4 Å². The summed E-state index contributed by atoms with van der Waals surface area (Å²) >= 11 is 0. The maximum absolute atomic E-state index is 12.6. The lowest BCUT2D eigenvalue weighted by molar-refractivity contribution is 0.350. The molecule has 1 aliphatic rings. The van der Waals surface area contributed by atoms with Gasteiger partial charge in [0.15, 0.2) is 0 Å². The summed E-state index contributed by atoms with van der Waals surface area (Å²) in [5.74, 6) is 1.52. The Kier molecular flexibility index (Phi) is 4.97. The monoisotopic (exact) mass is 397 g/mol. The van der Waals surface area contributed by atoms with E-state index in [1.807, 2.05) is 18.3 Å². The number of fused-ring (bicyclic) bond motifs is 1.